The number of nitrogens with zero attached hydrogens (tertiary/aromatic N) is 1. The Kier molecular flexibility index (Phi) is 7.25. The minimum atomic E-state index is -0.419. The summed E-state index contributed by atoms with van der Waals surface area (Å²) in [6.07, 6.45) is 4.22. The minimum Gasteiger partial charge on any atom is -0.493 e. The predicted octanol–water partition coefficient (Wildman–Crippen LogP) is 7.03. The number of halogens is 1. The molecule has 204 valence electrons. The molecule has 6 heteroatoms. The molecule has 0 N–H and O–H groups in total. The second-order valence-corrected chi connectivity index (χ2v) is 10.6. The van der Waals surface area contributed by atoms with Gasteiger partial charge >= 0.3 is 0 Å². The largest absolute Gasteiger partial charge is 0.493 e. The monoisotopic (exact) mass is 537 g/mol. The Hall–Kier alpha value is -4.19. The summed E-state index contributed by atoms with van der Waals surface area (Å²) in [5.41, 5.74) is 6.44. The zero-order valence-corrected chi connectivity index (χ0v) is 22.6. The molecule has 3 aromatic rings. The summed E-state index contributed by atoms with van der Waals surface area (Å²) < 4.78 is 25.0. The molecule has 1 heterocycles. The van der Waals surface area contributed by atoms with E-state index >= 15 is 0 Å². The number of ketones is 2. The fourth-order valence-corrected chi connectivity index (χ4v) is 6.23. The van der Waals surface area contributed by atoms with E-state index in [4.69, 9.17) is 9.47 Å². The fraction of sp³-hybridized carbons (Fsp3) is 0.294. The van der Waals surface area contributed by atoms with Crippen LogP contribution < -0.4 is 9.47 Å². The first-order valence-electron chi connectivity index (χ1n) is 13.9. The number of ether oxygens (including phenoxy) is 2. The number of rotatable bonds is 7. The van der Waals surface area contributed by atoms with Crippen molar-refractivity contribution in [3.05, 3.63) is 118 Å². The Balaban J connectivity index is 1.40. The summed E-state index contributed by atoms with van der Waals surface area (Å²) >= 11 is 0. The van der Waals surface area contributed by atoms with Crippen molar-refractivity contribution < 1.29 is 23.5 Å². The van der Waals surface area contributed by atoms with Crippen molar-refractivity contribution in [1.82, 2.24) is 4.90 Å². The second-order valence-electron chi connectivity index (χ2n) is 10.6. The Bertz CT molecular complexity index is 1460. The highest BCUT2D eigenvalue weighted by Crippen LogP contribution is 2.50. The molecule has 3 aliphatic rings. The molecule has 40 heavy (non-hydrogen) atoms. The number of Topliss-reactive ketones (excluding diaryl/α,β-unsaturated/α-hetero) is 2. The Morgan fingerprint density at radius 2 is 1.43 bits per heavy atom. The van der Waals surface area contributed by atoms with Gasteiger partial charge in [-0.25, -0.2) is 4.39 Å². The lowest BCUT2D eigenvalue weighted by molar-refractivity contribution is -0.117. The van der Waals surface area contributed by atoms with Crippen LogP contribution in [0.25, 0.3) is 0 Å². The molecule has 0 fully saturated rings. The Morgan fingerprint density at radius 1 is 0.775 bits per heavy atom. The van der Waals surface area contributed by atoms with E-state index in [9.17, 15) is 14.0 Å². The van der Waals surface area contributed by atoms with E-state index in [2.05, 4.69) is 17.0 Å². The molecule has 2 aliphatic carbocycles. The maximum absolute atomic E-state index is 13.6. The first-order chi connectivity index (χ1) is 19.5. The lowest BCUT2D eigenvalue weighted by Gasteiger charge is -2.44. The molecular formula is C34H32FNO4. The van der Waals surface area contributed by atoms with Gasteiger partial charge in [0.2, 0.25) is 0 Å². The normalized spacial score (nSPS) is 17.6. The Morgan fingerprint density at radius 3 is 2.05 bits per heavy atom. The summed E-state index contributed by atoms with van der Waals surface area (Å²) in [5, 5.41) is 0. The van der Waals surface area contributed by atoms with Gasteiger partial charge in [-0.1, -0.05) is 48.5 Å². The molecule has 0 bridgehead atoms. The third-order valence-corrected chi connectivity index (χ3v) is 8.10. The van der Waals surface area contributed by atoms with Crippen LogP contribution in [0.2, 0.25) is 0 Å². The average molecular weight is 538 g/mol. The summed E-state index contributed by atoms with van der Waals surface area (Å²) in [6.45, 7) is 0.903. The molecule has 0 radical (unpaired) electrons. The molecule has 1 aliphatic heterocycles. The second kappa shape index (κ2) is 11.1. The van der Waals surface area contributed by atoms with Gasteiger partial charge in [-0.3, -0.25) is 9.59 Å². The maximum atomic E-state index is 13.6. The van der Waals surface area contributed by atoms with Crippen LogP contribution in [0.1, 0.15) is 61.1 Å². The van der Waals surface area contributed by atoms with Crippen molar-refractivity contribution >= 4 is 11.6 Å². The van der Waals surface area contributed by atoms with Crippen molar-refractivity contribution in [2.24, 2.45) is 0 Å². The highest BCUT2D eigenvalue weighted by molar-refractivity contribution is 6.06. The number of carbonyl (C=O) groups excluding carboxylic acids is 2. The van der Waals surface area contributed by atoms with E-state index in [0.29, 0.717) is 30.9 Å². The SMILES string of the molecule is COc1cc(C2C3=C(CCCC3=O)N(Cc3ccccc3)C3=C2C(=O)CCC3)ccc1OCc1ccc(F)cc1. The van der Waals surface area contributed by atoms with Crippen LogP contribution in [0.5, 0.6) is 11.5 Å². The van der Waals surface area contributed by atoms with Crippen molar-refractivity contribution in [1.29, 1.82) is 0 Å². The van der Waals surface area contributed by atoms with Crippen LogP contribution >= 0.6 is 0 Å². The van der Waals surface area contributed by atoms with Crippen molar-refractivity contribution in [2.45, 2.75) is 57.6 Å². The van der Waals surface area contributed by atoms with Gasteiger partial charge in [0, 0.05) is 47.8 Å². The molecule has 0 amide bonds. The van der Waals surface area contributed by atoms with Gasteiger partial charge in [-0.15, -0.1) is 0 Å². The van der Waals surface area contributed by atoms with Crippen LogP contribution in [-0.2, 0) is 22.7 Å². The quantitative estimate of drug-likeness (QED) is 0.324. The zero-order valence-electron chi connectivity index (χ0n) is 22.6. The number of carbonyl (C=O) groups is 2. The summed E-state index contributed by atoms with van der Waals surface area (Å²) in [5.74, 6) is 0.595. The van der Waals surface area contributed by atoms with Crippen LogP contribution in [-0.4, -0.2) is 23.6 Å². The molecule has 0 saturated carbocycles. The van der Waals surface area contributed by atoms with E-state index < -0.39 is 5.92 Å². The molecule has 0 atom stereocenters. The van der Waals surface area contributed by atoms with Gasteiger partial charge in [0.15, 0.2) is 23.1 Å². The van der Waals surface area contributed by atoms with Crippen LogP contribution in [0.4, 0.5) is 4.39 Å². The van der Waals surface area contributed by atoms with E-state index in [1.54, 1.807) is 19.2 Å². The van der Waals surface area contributed by atoms with Crippen LogP contribution in [0.15, 0.2) is 95.3 Å². The first kappa shape index (κ1) is 26.1. The number of hydrogen-bond acceptors (Lipinski definition) is 5. The lowest BCUT2D eigenvalue weighted by Crippen LogP contribution is -2.38. The van der Waals surface area contributed by atoms with E-state index in [-0.39, 0.29) is 24.0 Å². The van der Waals surface area contributed by atoms with Gasteiger partial charge in [-0.05, 0) is 66.6 Å². The maximum Gasteiger partial charge on any atom is 0.161 e. The third kappa shape index (κ3) is 4.94. The topological polar surface area (TPSA) is 55.8 Å². The standard InChI is InChI=1S/C34H32FNO4/c1-39-31-19-24(15-18-30(31)40-21-23-13-16-25(35)17-14-23)32-33-26(9-5-11-28(33)37)36(20-22-7-3-2-4-8-22)27-10-6-12-29(38)34(27)32/h2-4,7-8,13-19,32H,5-6,9-12,20-21H2,1H3. The predicted molar refractivity (Wildman–Crippen MR) is 150 cm³/mol. The van der Waals surface area contributed by atoms with Crippen LogP contribution in [0.3, 0.4) is 0 Å². The number of allylic oxidation sites excluding steroid dienone is 4. The number of benzene rings is 3. The molecular weight excluding hydrogens is 505 g/mol. The lowest BCUT2D eigenvalue weighted by atomic mass is 9.71. The molecule has 0 unspecified atom stereocenters. The summed E-state index contributed by atoms with van der Waals surface area (Å²) in [6, 6.07) is 22.1. The fourth-order valence-electron chi connectivity index (χ4n) is 6.23. The highest BCUT2D eigenvalue weighted by atomic mass is 19.1. The zero-order chi connectivity index (χ0) is 27.6. The van der Waals surface area contributed by atoms with Crippen molar-refractivity contribution in [3.63, 3.8) is 0 Å². The molecule has 3 aromatic carbocycles. The van der Waals surface area contributed by atoms with Gasteiger partial charge < -0.3 is 14.4 Å². The number of methoxy groups -OCH3 is 1. The summed E-state index contributed by atoms with van der Waals surface area (Å²) in [7, 11) is 1.58. The average Bonchev–Trinajstić information content (AvgIpc) is 2.98. The Labute approximate surface area is 233 Å². The minimum absolute atomic E-state index is 0.116. The van der Waals surface area contributed by atoms with E-state index in [0.717, 1.165) is 64.9 Å². The van der Waals surface area contributed by atoms with Gasteiger partial charge in [0.05, 0.1) is 7.11 Å². The first-order valence-corrected chi connectivity index (χ1v) is 13.9. The van der Waals surface area contributed by atoms with Crippen molar-refractivity contribution in [3.8, 4) is 11.5 Å². The van der Waals surface area contributed by atoms with Crippen molar-refractivity contribution in [2.75, 3.05) is 7.11 Å². The highest BCUT2D eigenvalue weighted by Gasteiger charge is 2.43. The molecule has 5 nitrogen and oxygen atoms in total. The number of hydrogen-bond donors (Lipinski definition) is 0. The molecule has 6 rings (SSSR count). The van der Waals surface area contributed by atoms with Gasteiger partial charge in [-0.2, -0.15) is 0 Å². The van der Waals surface area contributed by atoms with Crippen LogP contribution in [0, 0.1) is 5.82 Å². The van der Waals surface area contributed by atoms with E-state index in [1.165, 1.54) is 12.1 Å². The molecule has 0 saturated heterocycles. The molecule has 0 spiro atoms. The van der Waals surface area contributed by atoms with Gasteiger partial charge in [0.25, 0.3) is 0 Å². The third-order valence-electron chi connectivity index (χ3n) is 8.10. The summed E-state index contributed by atoms with van der Waals surface area (Å²) in [4.78, 5) is 29.5. The molecule has 0 aromatic heterocycles. The van der Waals surface area contributed by atoms with Gasteiger partial charge in [0.1, 0.15) is 12.4 Å². The van der Waals surface area contributed by atoms with E-state index in [1.807, 2.05) is 36.4 Å². The smallest absolute Gasteiger partial charge is 0.161 e.